The highest BCUT2D eigenvalue weighted by molar-refractivity contribution is 7.13. The second kappa shape index (κ2) is 7.96. The molecule has 0 bridgehead atoms. The number of methoxy groups -OCH3 is 3. The van der Waals surface area contributed by atoms with Gasteiger partial charge in [-0.05, 0) is 30.3 Å². The molecule has 27 heavy (non-hydrogen) atoms. The first kappa shape index (κ1) is 18.5. The van der Waals surface area contributed by atoms with E-state index in [0.29, 0.717) is 34.1 Å². The maximum absolute atomic E-state index is 9.74. The first-order valence-electron chi connectivity index (χ1n) is 7.95. The van der Waals surface area contributed by atoms with Crippen molar-refractivity contribution < 1.29 is 19.4 Å². The van der Waals surface area contributed by atoms with Gasteiger partial charge < -0.3 is 25.2 Å². The number of thiazole rings is 1. The molecule has 3 aromatic rings. The maximum atomic E-state index is 9.74. The third-order valence-corrected chi connectivity index (χ3v) is 4.85. The van der Waals surface area contributed by atoms with E-state index in [1.54, 1.807) is 24.4 Å². The fourth-order valence-electron chi connectivity index (χ4n) is 2.75. The Balaban J connectivity index is 2.15. The van der Waals surface area contributed by atoms with Crippen molar-refractivity contribution in [1.82, 2.24) is 4.98 Å². The van der Waals surface area contributed by atoms with Gasteiger partial charge in [0.1, 0.15) is 10.7 Å². The Morgan fingerprint density at radius 2 is 1.78 bits per heavy atom. The summed E-state index contributed by atoms with van der Waals surface area (Å²) in [5.41, 5.74) is 8.92. The maximum Gasteiger partial charge on any atom is 0.203 e. The number of nitrogen functional groups attached to an aromatic ring is 1. The molecular weight excluding hydrogens is 366 g/mol. The monoisotopic (exact) mass is 385 g/mol. The Morgan fingerprint density at radius 3 is 2.30 bits per heavy atom. The van der Waals surface area contributed by atoms with Gasteiger partial charge in [-0.3, -0.25) is 0 Å². The summed E-state index contributed by atoms with van der Waals surface area (Å²) in [6.07, 6.45) is 1.73. The van der Waals surface area contributed by atoms with Crippen LogP contribution in [0.4, 0.5) is 5.69 Å². The van der Waals surface area contributed by atoms with E-state index in [-0.39, 0.29) is 5.71 Å². The molecule has 0 fully saturated rings. The number of ether oxygens (including phenoxy) is 3. The molecular formula is C19H19N3O4S. The molecule has 0 aliphatic heterocycles. The van der Waals surface area contributed by atoms with Crippen LogP contribution in [0, 0.1) is 0 Å². The molecule has 3 N–H and O–H groups in total. The fourth-order valence-corrected chi connectivity index (χ4v) is 3.38. The minimum absolute atomic E-state index is 0.283. The van der Waals surface area contributed by atoms with Gasteiger partial charge in [-0.2, -0.15) is 0 Å². The van der Waals surface area contributed by atoms with E-state index in [9.17, 15) is 5.21 Å². The zero-order chi connectivity index (χ0) is 19.4. The Labute approximate surface area is 160 Å². The van der Waals surface area contributed by atoms with Gasteiger partial charge in [-0.25, -0.2) is 4.98 Å². The smallest absolute Gasteiger partial charge is 0.203 e. The summed E-state index contributed by atoms with van der Waals surface area (Å²) in [4.78, 5) is 4.31. The summed E-state index contributed by atoms with van der Waals surface area (Å²) in [6.45, 7) is 0. The van der Waals surface area contributed by atoms with E-state index in [4.69, 9.17) is 19.9 Å². The van der Waals surface area contributed by atoms with Crippen LogP contribution < -0.4 is 19.9 Å². The van der Waals surface area contributed by atoms with Crippen LogP contribution >= 0.6 is 11.3 Å². The lowest BCUT2D eigenvalue weighted by Crippen LogP contribution is -2.09. The molecule has 0 radical (unpaired) electrons. The van der Waals surface area contributed by atoms with Crippen molar-refractivity contribution in [1.29, 1.82) is 0 Å². The van der Waals surface area contributed by atoms with Gasteiger partial charge in [0.05, 0.1) is 21.3 Å². The molecule has 7 nitrogen and oxygen atoms in total. The van der Waals surface area contributed by atoms with Crippen LogP contribution in [0.25, 0.3) is 10.6 Å². The van der Waals surface area contributed by atoms with Crippen LogP contribution in [0.15, 0.2) is 47.1 Å². The summed E-state index contributed by atoms with van der Waals surface area (Å²) < 4.78 is 16.1. The number of oxime groups is 1. The SMILES string of the molecule is COc1cc(/C(=N\O)c2cc(-c3nccs3)ccc2N)cc(OC)c1OC. The first-order chi connectivity index (χ1) is 13.1. The van der Waals surface area contributed by atoms with Gasteiger partial charge in [0.15, 0.2) is 11.5 Å². The zero-order valence-corrected chi connectivity index (χ0v) is 15.9. The van der Waals surface area contributed by atoms with E-state index < -0.39 is 0 Å². The first-order valence-corrected chi connectivity index (χ1v) is 8.83. The van der Waals surface area contributed by atoms with Crippen molar-refractivity contribution >= 4 is 22.7 Å². The molecule has 0 aliphatic rings. The number of hydrogen-bond donors (Lipinski definition) is 2. The van der Waals surface area contributed by atoms with Crippen molar-refractivity contribution in [2.45, 2.75) is 0 Å². The van der Waals surface area contributed by atoms with Crippen LogP contribution in [-0.2, 0) is 0 Å². The summed E-state index contributed by atoms with van der Waals surface area (Å²) >= 11 is 1.51. The highest BCUT2D eigenvalue weighted by atomic mass is 32.1. The van der Waals surface area contributed by atoms with Crippen molar-refractivity contribution in [2.75, 3.05) is 27.1 Å². The van der Waals surface area contributed by atoms with Crippen LogP contribution in [0.3, 0.4) is 0 Å². The van der Waals surface area contributed by atoms with Crippen molar-refractivity contribution in [2.24, 2.45) is 5.16 Å². The average Bonchev–Trinajstić information content (AvgIpc) is 3.23. The van der Waals surface area contributed by atoms with Crippen molar-refractivity contribution in [3.63, 3.8) is 0 Å². The lowest BCUT2D eigenvalue weighted by molar-refractivity contribution is 0.318. The summed E-state index contributed by atoms with van der Waals surface area (Å²) in [5.74, 6) is 1.34. The van der Waals surface area contributed by atoms with E-state index in [1.807, 2.05) is 17.5 Å². The molecule has 2 aromatic carbocycles. The minimum atomic E-state index is 0.283. The molecule has 8 heteroatoms. The molecule has 0 amide bonds. The molecule has 1 heterocycles. The van der Waals surface area contributed by atoms with E-state index in [1.165, 1.54) is 32.7 Å². The standard InChI is InChI=1S/C19H19N3O4S/c1-24-15-9-12(10-16(25-2)18(15)26-3)17(22-23)13-8-11(4-5-14(13)20)19-21-6-7-27-19/h4-10,23H,20H2,1-3H3/b22-17+. The number of anilines is 1. The number of aromatic nitrogens is 1. The molecule has 0 saturated heterocycles. The molecule has 0 aliphatic carbocycles. The second-order valence-electron chi connectivity index (χ2n) is 5.50. The molecule has 0 spiro atoms. The third-order valence-electron chi connectivity index (χ3n) is 4.03. The predicted molar refractivity (Wildman–Crippen MR) is 105 cm³/mol. The van der Waals surface area contributed by atoms with Gasteiger partial charge in [-0.1, -0.05) is 5.16 Å². The zero-order valence-electron chi connectivity index (χ0n) is 15.1. The van der Waals surface area contributed by atoms with E-state index >= 15 is 0 Å². The number of benzene rings is 2. The van der Waals surface area contributed by atoms with Crippen LogP contribution in [0.2, 0.25) is 0 Å². The van der Waals surface area contributed by atoms with E-state index in [2.05, 4.69) is 10.1 Å². The lowest BCUT2D eigenvalue weighted by atomic mass is 9.98. The Bertz CT molecular complexity index is 946. The normalized spacial score (nSPS) is 11.3. The van der Waals surface area contributed by atoms with Crippen molar-refractivity contribution in [3.8, 4) is 27.8 Å². The van der Waals surface area contributed by atoms with Gasteiger partial charge >= 0.3 is 0 Å². The Hall–Kier alpha value is -3.26. The van der Waals surface area contributed by atoms with Gasteiger partial charge in [0, 0.05) is 34.0 Å². The average molecular weight is 385 g/mol. The number of rotatable bonds is 6. The molecule has 0 atom stereocenters. The fraction of sp³-hybridized carbons (Fsp3) is 0.158. The van der Waals surface area contributed by atoms with Gasteiger partial charge in [-0.15, -0.1) is 11.3 Å². The molecule has 0 saturated carbocycles. The van der Waals surface area contributed by atoms with Crippen LogP contribution in [0.5, 0.6) is 17.2 Å². The molecule has 1 aromatic heterocycles. The number of nitrogens with zero attached hydrogens (tertiary/aromatic N) is 2. The predicted octanol–water partition coefficient (Wildman–Crippen LogP) is 3.64. The lowest BCUT2D eigenvalue weighted by Gasteiger charge is -2.15. The summed E-state index contributed by atoms with van der Waals surface area (Å²) in [7, 11) is 4.57. The third kappa shape index (κ3) is 3.52. The molecule has 3 rings (SSSR count). The topological polar surface area (TPSA) is 99.2 Å². The molecule has 0 unspecified atom stereocenters. The minimum Gasteiger partial charge on any atom is -0.493 e. The number of hydrogen-bond acceptors (Lipinski definition) is 8. The quantitative estimate of drug-likeness (QED) is 0.291. The molecule has 140 valence electrons. The summed E-state index contributed by atoms with van der Waals surface area (Å²) in [6, 6.07) is 8.88. The van der Waals surface area contributed by atoms with E-state index in [0.717, 1.165) is 10.6 Å². The Kier molecular flexibility index (Phi) is 5.46. The highest BCUT2D eigenvalue weighted by Crippen LogP contribution is 2.39. The van der Waals surface area contributed by atoms with Gasteiger partial charge in [0.25, 0.3) is 0 Å². The largest absolute Gasteiger partial charge is 0.493 e. The Morgan fingerprint density at radius 1 is 1.07 bits per heavy atom. The van der Waals surface area contributed by atoms with Gasteiger partial charge in [0.2, 0.25) is 5.75 Å². The highest BCUT2D eigenvalue weighted by Gasteiger charge is 2.19. The number of nitrogens with two attached hydrogens (primary N) is 1. The van der Waals surface area contributed by atoms with Crippen LogP contribution in [0.1, 0.15) is 11.1 Å². The van der Waals surface area contributed by atoms with Crippen molar-refractivity contribution in [3.05, 3.63) is 53.0 Å². The summed E-state index contributed by atoms with van der Waals surface area (Å²) in [5, 5.41) is 16.0. The van der Waals surface area contributed by atoms with Crippen LogP contribution in [-0.4, -0.2) is 37.2 Å². The second-order valence-corrected chi connectivity index (χ2v) is 6.40.